The highest BCUT2D eigenvalue weighted by molar-refractivity contribution is 4.88. The quantitative estimate of drug-likeness (QED) is 0.613. The topological polar surface area (TPSA) is 18.5 Å². The van der Waals surface area contributed by atoms with Crippen LogP contribution in [0.1, 0.15) is 0 Å². The van der Waals surface area contributed by atoms with Gasteiger partial charge in [0.15, 0.2) is 0 Å². The van der Waals surface area contributed by atoms with Crippen LogP contribution in [0.3, 0.4) is 0 Å². The fourth-order valence-electron chi connectivity index (χ4n) is 0.778. The Morgan fingerprint density at radius 2 is 0.875 bits per heavy atom. The van der Waals surface area contributed by atoms with E-state index in [1.807, 2.05) is 0 Å². The molecule has 146 valence electrons. The minimum Gasteiger partial charge on any atom is -0.270 e. The van der Waals surface area contributed by atoms with Crippen LogP contribution in [0.5, 0.6) is 0 Å². The first-order chi connectivity index (χ1) is 10.1. The van der Waals surface area contributed by atoms with Gasteiger partial charge < -0.3 is 0 Å². The normalized spacial score (nSPS) is 17.1. The minimum absolute atomic E-state index is 1.37. The second-order valence-electron chi connectivity index (χ2n) is 3.70. The SMILES string of the molecule is FC(OC(F)(F)C(F)(F)OC(F)(C(F)(F)F)C(F)(F)F)C(F)(F)F. The zero-order chi connectivity index (χ0) is 20.0. The van der Waals surface area contributed by atoms with E-state index in [-0.39, 0.29) is 0 Å². The van der Waals surface area contributed by atoms with Crippen molar-refractivity contribution in [2.75, 3.05) is 0 Å². The van der Waals surface area contributed by atoms with Crippen molar-refractivity contribution >= 4 is 0 Å². The van der Waals surface area contributed by atoms with Crippen molar-refractivity contribution in [3.05, 3.63) is 0 Å². The maximum Gasteiger partial charge on any atom is 0.458 e. The molecule has 0 radical (unpaired) electrons. The van der Waals surface area contributed by atoms with Gasteiger partial charge in [0, 0.05) is 0 Å². The molecule has 0 heterocycles. The Hall–Kier alpha value is -1.13. The third-order valence-corrected chi connectivity index (χ3v) is 1.85. The van der Waals surface area contributed by atoms with E-state index >= 15 is 0 Å². The van der Waals surface area contributed by atoms with Gasteiger partial charge in [0.25, 0.3) is 6.36 Å². The molecule has 0 rings (SSSR count). The van der Waals surface area contributed by atoms with Gasteiger partial charge >= 0.3 is 36.6 Å². The van der Waals surface area contributed by atoms with E-state index < -0.39 is 43.0 Å². The van der Waals surface area contributed by atoms with E-state index in [9.17, 15) is 65.9 Å². The zero-order valence-electron chi connectivity index (χ0n) is 10.1. The lowest BCUT2D eigenvalue weighted by Gasteiger charge is -2.35. The molecule has 0 fully saturated rings. The first-order valence-corrected chi connectivity index (χ1v) is 4.75. The molecule has 0 N–H and O–H groups in total. The van der Waals surface area contributed by atoms with E-state index in [1.54, 1.807) is 4.74 Å². The molecule has 0 aromatic carbocycles. The molecule has 0 aromatic rings. The Labute approximate surface area is 120 Å². The van der Waals surface area contributed by atoms with Gasteiger partial charge in [-0.3, -0.25) is 9.47 Å². The molecule has 0 saturated heterocycles. The monoisotopic (exact) mass is 402 g/mol. The van der Waals surface area contributed by atoms with Crippen LogP contribution in [-0.4, -0.2) is 43.0 Å². The van der Waals surface area contributed by atoms with Gasteiger partial charge in [-0.15, -0.1) is 0 Å². The predicted molar refractivity (Wildman–Crippen MR) is 39.0 cm³/mol. The Balaban J connectivity index is 5.72. The zero-order valence-corrected chi connectivity index (χ0v) is 10.1. The van der Waals surface area contributed by atoms with Crippen LogP contribution in [0.2, 0.25) is 0 Å². The minimum atomic E-state index is -7.43. The molecule has 0 aliphatic heterocycles. The molecule has 0 bridgehead atoms. The van der Waals surface area contributed by atoms with Crippen LogP contribution < -0.4 is 0 Å². The van der Waals surface area contributed by atoms with E-state index in [0.29, 0.717) is 0 Å². The number of hydrogen-bond acceptors (Lipinski definition) is 2. The second kappa shape index (κ2) is 5.99. The van der Waals surface area contributed by atoms with Crippen LogP contribution in [-0.2, 0) is 9.47 Å². The van der Waals surface area contributed by atoms with Crippen molar-refractivity contribution in [3.63, 3.8) is 0 Å². The molecule has 0 aromatic heterocycles. The van der Waals surface area contributed by atoms with E-state index in [2.05, 4.69) is 0 Å². The number of hydrogen-bond donors (Lipinski definition) is 0. The summed E-state index contributed by atoms with van der Waals surface area (Å²) >= 11 is 0. The summed E-state index contributed by atoms with van der Waals surface area (Å²) in [5.41, 5.74) is 0. The first-order valence-electron chi connectivity index (χ1n) is 4.75. The maximum atomic E-state index is 12.7. The van der Waals surface area contributed by atoms with Crippen LogP contribution in [0.25, 0.3) is 0 Å². The van der Waals surface area contributed by atoms with E-state index in [0.717, 1.165) is 0 Å². The molecular formula is C7HF15O2. The summed E-state index contributed by atoms with van der Waals surface area (Å²) < 4.78 is 184. The third-order valence-electron chi connectivity index (χ3n) is 1.85. The molecule has 2 nitrogen and oxygen atoms in total. The summed E-state index contributed by atoms with van der Waals surface area (Å²) in [7, 11) is 0. The highest BCUT2D eigenvalue weighted by Gasteiger charge is 2.80. The van der Waals surface area contributed by atoms with Crippen molar-refractivity contribution in [1.29, 1.82) is 0 Å². The molecule has 0 spiro atoms. The van der Waals surface area contributed by atoms with Crippen LogP contribution in [0.4, 0.5) is 65.9 Å². The molecule has 1 unspecified atom stereocenters. The van der Waals surface area contributed by atoms with Crippen LogP contribution >= 0.6 is 0 Å². The fraction of sp³-hybridized carbons (Fsp3) is 1.00. The predicted octanol–water partition coefficient (Wildman–Crippen LogP) is 4.85. The second-order valence-corrected chi connectivity index (χ2v) is 3.70. The van der Waals surface area contributed by atoms with Gasteiger partial charge in [-0.05, 0) is 0 Å². The van der Waals surface area contributed by atoms with Crippen molar-refractivity contribution in [1.82, 2.24) is 0 Å². The van der Waals surface area contributed by atoms with Gasteiger partial charge in [-0.25, -0.2) is 4.39 Å². The largest absolute Gasteiger partial charge is 0.458 e. The van der Waals surface area contributed by atoms with Crippen LogP contribution in [0, 0.1) is 0 Å². The number of halogens is 15. The highest BCUT2D eigenvalue weighted by Crippen LogP contribution is 2.52. The fourth-order valence-corrected chi connectivity index (χ4v) is 0.778. The van der Waals surface area contributed by atoms with Crippen molar-refractivity contribution in [2.24, 2.45) is 0 Å². The van der Waals surface area contributed by atoms with Gasteiger partial charge in [0.05, 0.1) is 0 Å². The summed E-state index contributed by atoms with van der Waals surface area (Å²) in [4.78, 5) is 0. The summed E-state index contributed by atoms with van der Waals surface area (Å²) in [5, 5.41) is 0. The van der Waals surface area contributed by atoms with Gasteiger partial charge in [0.1, 0.15) is 0 Å². The summed E-state index contributed by atoms with van der Waals surface area (Å²) in [6, 6.07) is 0. The number of ether oxygens (including phenoxy) is 2. The van der Waals surface area contributed by atoms with Crippen molar-refractivity contribution in [2.45, 2.75) is 43.0 Å². The lowest BCUT2D eigenvalue weighted by atomic mass is 10.3. The molecule has 0 amide bonds. The Bertz CT molecular complexity index is 417. The number of rotatable bonds is 5. The first kappa shape index (κ1) is 22.9. The lowest BCUT2D eigenvalue weighted by molar-refractivity contribution is -0.537. The highest BCUT2D eigenvalue weighted by atomic mass is 19.4. The van der Waals surface area contributed by atoms with Gasteiger partial charge in [-0.2, -0.15) is 61.5 Å². The van der Waals surface area contributed by atoms with E-state index in [1.165, 1.54) is 4.74 Å². The molecular weight excluding hydrogens is 401 g/mol. The smallest absolute Gasteiger partial charge is 0.270 e. The molecule has 0 saturated carbocycles. The average molecular weight is 402 g/mol. The number of alkyl halides is 15. The van der Waals surface area contributed by atoms with Crippen molar-refractivity contribution in [3.8, 4) is 0 Å². The van der Waals surface area contributed by atoms with Gasteiger partial charge in [0.2, 0.25) is 0 Å². The maximum absolute atomic E-state index is 12.7. The van der Waals surface area contributed by atoms with Gasteiger partial charge in [-0.1, -0.05) is 0 Å². The van der Waals surface area contributed by atoms with Crippen molar-refractivity contribution < 1.29 is 75.3 Å². The molecule has 17 heteroatoms. The standard InChI is InChI=1S/C7HF15O2/c8-1(2(9,10)11)23-6(19,20)7(21,22)24-3(12,4(13,14)15)5(16,17)18/h1H. The molecule has 0 aliphatic rings. The summed E-state index contributed by atoms with van der Waals surface area (Å²) in [6.07, 6.45) is -40.9. The summed E-state index contributed by atoms with van der Waals surface area (Å²) in [6.45, 7) is 0. The average Bonchev–Trinajstić information content (AvgIpc) is 2.22. The summed E-state index contributed by atoms with van der Waals surface area (Å²) in [5.74, 6) is -7.43. The molecule has 24 heavy (non-hydrogen) atoms. The third kappa shape index (κ3) is 4.48. The molecule has 0 aliphatic carbocycles. The molecule has 1 atom stereocenters. The Kier molecular flexibility index (Phi) is 5.71. The van der Waals surface area contributed by atoms with E-state index in [4.69, 9.17) is 0 Å². The lowest BCUT2D eigenvalue weighted by Crippen LogP contribution is -2.62. The Morgan fingerprint density at radius 1 is 0.542 bits per heavy atom. The Morgan fingerprint density at radius 3 is 1.12 bits per heavy atom. The van der Waals surface area contributed by atoms with Crippen LogP contribution in [0.15, 0.2) is 0 Å².